The van der Waals surface area contributed by atoms with Crippen molar-refractivity contribution in [3.63, 3.8) is 0 Å². The van der Waals surface area contributed by atoms with Gasteiger partial charge in [-0.3, -0.25) is 4.79 Å². The fourth-order valence-corrected chi connectivity index (χ4v) is 8.87. The van der Waals surface area contributed by atoms with Crippen LogP contribution in [0, 0.1) is 0 Å². The minimum absolute atomic E-state index is 0.147. The van der Waals surface area contributed by atoms with E-state index in [-0.39, 0.29) is 12.5 Å². The Hall–Kier alpha value is -0.910. The van der Waals surface area contributed by atoms with Gasteiger partial charge in [0.15, 0.2) is 0 Å². The lowest BCUT2D eigenvalue weighted by atomic mass is 10.0. The third-order valence-electron chi connectivity index (χ3n) is 13.1. The zero-order valence-electron chi connectivity index (χ0n) is 40.9. The van der Waals surface area contributed by atoms with Gasteiger partial charge in [0, 0.05) is 6.42 Å². The Kier molecular flexibility index (Phi) is 50.0. The van der Waals surface area contributed by atoms with E-state index in [4.69, 9.17) is 0 Å². The van der Waals surface area contributed by atoms with E-state index < -0.39 is 18.2 Å². The van der Waals surface area contributed by atoms with Crippen LogP contribution in [-0.4, -0.2) is 46.1 Å². The maximum absolute atomic E-state index is 12.5. The molecule has 0 saturated carbocycles. The molecule has 0 fully saturated rings. The first-order valence-electron chi connectivity index (χ1n) is 27.5. The zero-order chi connectivity index (χ0) is 43.7. The maximum Gasteiger partial charge on any atom is 0.220 e. The fourth-order valence-electron chi connectivity index (χ4n) is 8.87. The molecule has 358 valence electrons. The van der Waals surface area contributed by atoms with Gasteiger partial charge in [-0.15, -0.1) is 0 Å². The average molecular weight is 848 g/mol. The quantitative estimate of drug-likeness (QED) is 0.0363. The first-order chi connectivity index (χ1) is 29.6. The Morgan fingerprint density at radius 2 is 0.667 bits per heavy atom. The third kappa shape index (κ3) is 45.1. The molecule has 0 rings (SSSR count). The van der Waals surface area contributed by atoms with Crippen molar-refractivity contribution in [1.82, 2.24) is 5.32 Å². The number of carbonyl (C=O) groups is 1. The van der Waals surface area contributed by atoms with Crippen molar-refractivity contribution in [3.05, 3.63) is 12.2 Å². The third-order valence-corrected chi connectivity index (χ3v) is 13.1. The van der Waals surface area contributed by atoms with Gasteiger partial charge in [0.05, 0.1) is 18.8 Å². The molecule has 0 saturated heterocycles. The monoisotopic (exact) mass is 848 g/mol. The van der Waals surface area contributed by atoms with Crippen LogP contribution in [0.25, 0.3) is 0 Å². The number of allylic oxidation sites excluding steroid dienone is 2. The lowest BCUT2D eigenvalue weighted by Gasteiger charge is -2.26. The second kappa shape index (κ2) is 50.7. The van der Waals surface area contributed by atoms with Crippen LogP contribution in [0.5, 0.6) is 0 Å². The van der Waals surface area contributed by atoms with Gasteiger partial charge in [-0.05, 0) is 38.5 Å². The molecule has 0 aliphatic carbocycles. The Balaban J connectivity index is 3.53. The normalized spacial score (nSPS) is 13.3. The number of hydrogen-bond donors (Lipinski definition) is 4. The van der Waals surface area contributed by atoms with Crippen LogP contribution in [0.1, 0.15) is 309 Å². The van der Waals surface area contributed by atoms with Gasteiger partial charge in [0.25, 0.3) is 0 Å². The van der Waals surface area contributed by atoms with E-state index in [9.17, 15) is 20.1 Å². The molecule has 0 radical (unpaired) electrons. The molecule has 1 amide bonds. The largest absolute Gasteiger partial charge is 0.394 e. The van der Waals surface area contributed by atoms with Crippen molar-refractivity contribution in [3.8, 4) is 0 Å². The molecule has 0 aliphatic heterocycles. The summed E-state index contributed by atoms with van der Waals surface area (Å²) in [4.78, 5) is 12.5. The molecule has 0 heterocycles. The number of rotatable bonds is 51. The molecule has 3 unspecified atom stereocenters. The van der Waals surface area contributed by atoms with Crippen molar-refractivity contribution in [2.75, 3.05) is 6.61 Å². The summed E-state index contributed by atoms with van der Waals surface area (Å²) in [5.74, 6) is -0.147. The number of aliphatic hydroxyl groups excluding tert-OH is 3. The van der Waals surface area contributed by atoms with Crippen molar-refractivity contribution in [2.45, 2.75) is 327 Å². The first kappa shape index (κ1) is 59.1. The van der Waals surface area contributed by atoms with E-state index in [2.05, 4.69) is 31.3 Å². The van der Waals surface area contributed by atoms with Crippen LogP contribution in [0.3, 0.4) is 0 Å². The molecule has 0 bridgehead atoms. The van der Waals surface area contributed by atoms with E-state index in [1.165, 1.54) is 244 Å². The molecule has 0 aliphatic rings. The van der Waals surface area contributed by atoms with Gasteiger partial charge in [-0.1, -0.05) is 276 Å². The molecule has 5 nitrogen and oxygen atoms in total. The van der Waals surface area contributed by atoms with Gasteiger partial charge in [0.2, 0.25) is 5.91 Å². The predicted octanol–water partition coefficient (Wildman–Crippen LogP) is 16.7. The van der Waals surface area contributed by atoms with Gasteiger partial charge < -0.3 is 20.6 Å². The number of aliphatic hydroxyl groups is 3. The standard InChI is InChI=1S/C55H109NO4/c1-3-5-7-9-11-13-15-17-19-21-23-25-26-27-28-29-30-32-34-36-38-40-42-44-46-48-50-54(59)56-52(51-57)55(60)53(58)49-47-45-43-41-39-37-35-33-31-24-22-20-18-16-14-12-10-8-6-4-2/h41,43,52-53,55,57-58,60H,3-40,42,44-51H2,1-2H3,(H,56,59)/b43-41+. The molecule has 4 N–H and O–H groups in total. The number of amides is 1. The van der Waals surface area contributed by atoms with Gasteiger partial charge in [-0.25, -0.2) is 0 Å². The molecule has 0 spiro atoms. The van der Waals surface area contributed by atoms with E-state index in [1.54, 1.807) is 0 Å². The van der Waals surface area contributed by atoms with Gasteiger partial charge >= 0.3 is 0 Å². The van der Waals surface area contributed by atoms with Crippen LogP contribution >= 0.6 is 0 Å². The second-order valence-corrected chi connectivity index (χ2v) is 19.1. The summed E-state index contributed by atoms with van der Waals surface area (Å²) in [7, 11) is 0. The predicted molar refractivity (Wildman–Crippen MR) is 264 cm³/mol. The fraction of sp³-hybridized carbons (Fsp3) is 0.945. The van der Waals surface area contributed by atoms with Gasteiger partial charge in [0.1, 0.15) is 6.10 Å². The number of unbranched alkanes of at least 4 members (excludes halogenated alkanes) is 41. The Labute approximate surface area is 376 Å². The summed E-state index contributed by atoms with van der Waals surface area (Å²) >= 11 is 0. The molecular weight excluding hydrogens is 739 g/mol. The number of hydrogen-bond acceptors (Lipinski definition) is 4. The average Bonchev–Trinajstić information content (AvgIpc) is 3.25. The van der Waals surface area contributed by atoms with Gasteiger partial charge in [-0.2, -0.15) is 0 Å². The van der Waals surface area contributed by atoms with Crippen LogP contribution in [0.2, 0.25) is 0 Å². The summed E-state index contributed by atoms with van der Waals surface area (Å²) in [6.45, 7) is 4.21. The van der Waals surface area contributed by atoms with E-state index in [0.717, 1.165) is 38.5 Å². The molecular formula is C55H109NO4. The summed E-state index contributed by atoms with van der Waals surface area (Å²) < 4.78 is 0. The highest BCUT2D eigenvalue weighted by Gasteiger charge is 2.26. The van der Waals surface area contributed by atoms with Crippen molar-refractivity contribution in [2.24, 2.45) is 0 Å². The lowest BCUT2D eigenvalue weighted by molar-refractivity contribution is -0.124. The Morgan fingerprint density at radius 1 is 0.400 bits per heavy atom. The van der Waals surface area contributed by atoms with Crippen molar-refractivity contribution < 1.29 is 20.1 Å². The Morgan fingerprint density at radius 3 is 0.967 bits per heavy atom. The Bertz CT molecular complexity index is 848. The smallest absolute Gasteiger partial charge is 0.220 e. The summed E-state index contributed by atoms with van der Waals surface area (Å²) in [6.07, 6.45) is 62.2. The van der Waals surface area contributed by atoms with E-state index in [0.29, 0.717) is 12.8 Å². The highest BCUT2D eigenvalue weighted by molar-refractivity contribution is 5.76. The zero-order valence-corrected chi connectivity index (χ0v) is 40.9. The first-order valence-corrected chi connectivity index (χ1v) is 27.5. The van der Waals surface area contributed by atoms with Crippen LogP contribution in [-0.2, 0) is 4.79 Å². The summed E-state index contributed by atoms with van der Waals surface area (Å²) in [5.41, 5.74) is 0. The molecule has 5 heteroatoms. The SMILES string of the molecule is CCCCCCCCCCCCCCCCC/C=C/CCCC(O)C(O)C(CO)NC(=O)CCCCCCCCCCCCCCCCCCCCCCCCCCCC. The van der Waals surface area contributed by atoms with E-state index in [1.807, 2.05) is 0 Å². The number of carbonyl (C=O) groups excluding carboxylic acids is 1. The molecule has 0 aromatic heterocycles. The van der Waals surface area contributed by atoms with E-state index >= 15 is 0 Å². The highest BCUT2D eigenvalue weighted by atomic mass is 16.3. The minimum atomic E-state index is -1.16. The molecule has 0 aromatic carbocycles. The second-order valence-electron chi connectivity index (χ2n) is 19.1. The number of nitrogens with one attached hydrogen (secondary N) is 1. The topological polar surface area (TPSA) is 89.8 Å². The maximum atomic E-state index is 12.5. The minimum Gasteiger partial charge on any atom is -0.394 e. The van der Waals surface area contributed by atoms with Crippen molar-refractivity contribution in [1.29, 1.82) is 0 Å². The van der Waals surface area contributed by atoms with Crippen molar-refractivity contribution >= 4 is 5.91 Å². The van der Waals surface area contributed by atoms with Crippen LogP contribution in [0.4, 0.5) is 0 Å². The molecule has 60 heavy (non-hydrogen) atoms. The molecule has 3 atom stereocenters. The lowest BCUT2D eigenvalue weighted by Crippen LogP contribution is -2.50. The van der Waals surface area contributed by atoms with Crippen LogP contribution in [0.15, 0.2) is 12.2 Å². The van der Waals surface area contributed by atoms with Crippen LogP contribution < -0.4 is 5.32 Å². The summed E-state index contributed by atoms with van der Waals surface area (Å²) in [5, 5.41) is 33.7. The molecule has 0 aromatic rings. The summed E-state index contributed by atoms with van der Waals surface area (Å²) in [6, 6.07) is -0.822. The highest BCUT2D eigenvalue weighted by Crippen LogP contribution is 2.18.